The Hall–Kier alpha value is -5.17. The van der Waals surface area contributed by atoms with Crippen LogP contribution in [0.5, 0.6) is 11.5 Å². The van der Waals surface area contributed by atoms with Gasteiger partial charge in [0.15, 0.2) is 4.90 Å². The predicted octanol–water partition coefficient (Wildman–Crippen LogP) is 4.67. The molecule has 1 aromatic heterocycles. The molecule has 0 fully saturated rings. The fourth-order valence-electron chi connectivity index (χ4n) is 4.66. The molecule has 1 amide bonds. The van der Waals surface area contributed by atoms with E-state index in [0.717, 1.165) is 44.6 Å². The second-order valence-corrected chi connectivity index (χ2v) is 11.4. The van der Waals surface area contributed by atoms with Crippen molar-refractivity contribution in [3.8, 4) is 17.2 Å². The Morgan fingerprint density at radius 2 is 1.77 bits per heavy atom. The molecule has 0 aliphatic rings. The smallest absolute Gasteiger partial charge is 0.289 e. The SMILES string of the molecule is COc1ccc(N(CC(=O)N/N=C\c2cc(C)n(-c3cccc(C)c3)c2C)S(=O)(=O)c2ccccc2[N+](=O)[O-])c(OC)c1. The number of carbonyl (C=O) groups is 1. The number of sulfonamides is 1. The number of benzene rings is 3. The van der Waals surface area contributed by atoms with Crippen molar-refractivity contribution in [3.63, 3.8) is 0 Å². The first kappa shape index (κ1) is 30.8. The molecule has 0 unspecified atom stereocenters. The number of anilines is 1. The van der Waals surface area contributed by atoms with Crippen molar-refractivity contribution in [2.75, 3.05) is 25.1 Å². The first-order valence-electron chi connectivity index (χ1n) is 13.0. The van der Waals surface area contributed by atoms with Gasteiger partial charge in [-0.15, -0.1) is 0 Å². The lowest BCUT2D eigenvalue weighted by Crippen LogP contribution is -2.40. The van der Waals surface area contributed by atoms with Crippen LogP contribution in [0.15, 0.2) is 82.8 Å². The van der Waals surface area contributed by atoms with Gasteiger partial charge in [-0.3, -0.25) is 19.2 Å². The van der Waals surface area contributed by atoms with E-state index in [4.69, 9.17) is 9.47 Å². The highest BCUT2D eigenvalue weighted by Gasteiger charge is 2.34. The zero-order chi connectivity index (χ0) is 31.3. The van der Waals surface area contributed by atoms with Gasteiger partial charge in [-0.25, -0.2) is 13.8 Å². The van der Waals surface area contributed by atoms with Crippen LogP contribution in [0.4, 0.5) is 11.4 Å². The normalized spacial score (nSPS) is 11.4. The maximum absolute atomic E-state index is 13.9. The van der Waals surface area contributed by atoms with E-state index in [2.05, 4.69) is 21.2 Å². The number of hydrogen-bond donors (Lipinski definition) is 1. The molecule has 224 valence electrons. The number of para-hydroxylation sites is 1. The van der Waals surface area contributed by atoms with Gasteiger partial charge in [-0.05, 0) is 62.7 Å². The number of aromatic nitrogens is 1. The van der Waals surface area contributed by atoms with Crippen LogP contribution in [-0.4, -0.2) is 50.8 Å². The van der Waals surface area contributed by atoms with Crippen molar-refractivity contribution in [1.82, 2.24) is 9.99 Å². The minimum Gasteiger partial charge on any atom is -0.497 e. The summed E-state index contributed by atoms with van der Waals surface area (Å²) in [5.74, 6) is -0.342. The minimum absolute atomic E-state index is 0.0257. The molecule has 4 aromatic rings. The Labute approximate surface area is 249 Å². The van der Waals surface area contributed by atoms with Gasteiger partial charge in [0.2, 0.25) is 0 Å². The van der Waals surface area contributed by atoms with Crippen molar-refractivity contribution in [2.24, 2.45) is 5.10 Å². The molecule has 1 heterocycles. The summed E-state index contributed by atoms with van der Waals surface area (Å²) in [6.45, 7) is 5.14. The van der Waals surface area contributed by atoms with Crippen molar-refractivity contribution in [3.05, 3.63) is 105 Å². The maximum Gasteiger partial charge on any atom is 0.289 e. The third-order valence-electron chi connectivity index (χ3n) is 6.70. The molecule has 0 spiro atoms. The molecule has 12 nitrogen and oxygen atoms in total. The Morgan fingerprint density at radius 3 is 2.44 bits per heavy atom. The van der Waals surface area contributed by atoms with E-state index in [-0.39, 0.29) is 11.4 Å². The largest absolute Gasteiger partial charge is 0.497 e. The number of carbonyl (C=O) groups excluding carboxylic acids is 1. The third kappa shape index (κ3) is 6.51. The van der Waals surface area contributed by atoms with E-state index in [1.807, 2.05) is 45.0 Å². The average molecular weight is 606 g/mol. The fourth-order valence-corrected chi connectivity index (χ4v) is 6.25. The van der Waals surface area contributed by atoms with E-state index < -0.39 is 38.0 Å². The molecular weight excluding hydrogens is 574 g/mol. The monoisotopic (exact) mass is 605 g/mol. The highest BCUT2D eigenvalue weighted by atomic mass is 32.2. The standard InChI is InChI=1S/C30H31N5O7S/c1-20-9-8-10-24(15-20)34-21(2)16-23(22(34)3)18-31-32-30(36)19-33(26-14-13-25(41-4)17-28(26)42-5)43(39,40)29-12-7-6-11-27(29)35(37)38/h6-18H,19H2,1-5H3,(H,32,36)/b31-18-. The predicted molar refractivity (Wildman–Crippen MR) is 163 cm³/mol. The van der Waals surface area contributed by atoms with Crippen LogP contribution in [0.25, 0.3) is 5.69 Å². The molecule has 4 rings (SSSR count). The lowest BCUT2D eigenvalue weighted by molar-refractivity contribution is -0.387. The van der Waals surface area contributed by atoms with Crippen LogP contribution in [0.2, 0.25) is 0 Å². The summed E-state index contributed by atoms with van der Waals surface area (Å²) in [6.07, 6.45) is 1.47. The van der Waals surface area contributed by atoms with Crippen molar-refractivity contribution in [1.29, 1.82) is 0 Å². The van der Waals surface area contributed by atoms with Gasteiger partial charge in [0, 0.05) is 34.8 Å². The summed E-state index contributed by atoms with van der Waals surface area (Å²) in [7, 11) is -1.89. The van der Waals surface area contributed by atoms with E-state index in [1.54, 1.807) is 0 Å². The maximum atomic E-state index is 13.9. The van der Waals surface area contributed by atoms with Gasteiger partial charge in [-0.1, -0.05) is 24.3 Å². The Balaban J connectivity index is 1.66. The molecule has 0 atom stereocenters. The quantitative estimate of drug-likeness (QED) is 0.149. The number of nitrogens with one attached hydrogen (secondary N) is 1. The molecule has 0 radical (unpaired) electrons. The van der Waals surface area contributed by atoms with Gasteiger partial charge >= 0.3 is 0 Å². The molecule has 3 aromatic carbocycles. The summed E-state index contributed by atoms with van der Waals surface area (Å²) >= 11 is 0. The second-order valence-electron chi connectivity index (χ2n) is 9.57. The first-order chi connectivity index (χ1) is 20.5. The molecule has 13 heteroatoms. The molecule has 0 saturated heterocycles. The molecule has 0 bridgehead atoms. The van der Waals surface area contributed by atoms with Crippen molar-refractivity contribution in [2.45, 2.75) is 25.7 Å². The summed E-state index contributed by atoms with van der Waals surface area (Å²) in [5, 5.41) is 15.7. The summed E-state index contributed by atoms with van der Waals surface area (Å²) in [4.78, 5) is 23.4. The number of aryl methyl sites for hydroxylation is 2. The van der Waals surface area contributed by atoms with E-state index in [9.17, 15) is 23.3 Å². The van der Waals surface area contributed by atoms with Crippen molar-refractivity contribution < 1.29 is 27.6 Å². The second kappa shape index (κ2) is 12.8. The molecule has 0 saturated carbocycles. The number of rotatable bonds is 11. The lowest BCUT2D eigenvalue weighted by Gasteiger charge is -2.25. The fraction of sp³-hybridized carbons (Fsp3) is 0.200. The van der Waals surface area contributed by atoms with Crippen LogP contribution in [0.3, 0.4) is 0 Å². The highest BCUT2D eigenvalue weighted by molar-refractivity contribution is 7.93. The lowest BCUT2D eigenvalue weighted by atomic mass is 10.2. The van der Waals surface area contributed by atoms with Crippen LogP contribution in [0.1, 0.15) is 22.5 Å². The summed E-state index contributed by atoms with van der Waals surface area (Å²) < 4.78 is 41.1. The number of amides is 1. The zero-order valence-electron chi connectivity index (χ0n) is 24.3. The highest BCUT2D eigenvalue weighted by Crippen LogP contribution is 2.37. The average Bonchev–Trinajstić information content (AvgIpc) is 3.27. The summed E-state index contributed by atoms with van der Waals surface area (Å²) in [6, 6.07) is 19.2. The number of hydrogen-bond acceptors (Lipinski definition) is 8. The van der Waals surface area contributed by atoms with Gasteiger partial charge in [0.1, 0.15) is 18.0 Å². The van der Waals surface area contributed by atoms with Gasteiger partial charge in [0.05, 0.1) is 31.0 Å². The topological polar surface area (TPSA) is 145 Å². The Kier molecular flexibility index (Phi) is 9.15. The number of nitrogens with zero attached hydrogens (tertiary/aromatic N) is 4. The van der Waals surface area contributed by atoms with Crippen LogP contribution < -0.4 is 19.2 Å². The van der Waals surface area contributed by atoms with Crippen LogP contribution in [-0.2, 0) is 14.8 Å². The van der Waals surface area contributed by atoms with E-state index in [1.165, 1.54) is 50.8 Å². The van der Waals surface area contributed by atoms with Crippen molar-refractivity contribution >= 4 is 33.5 Å². The number of nitro groups is 1. The van der Waals surface area contributed by atoms with Crippen LogP contribution in [0, 0.1) is 30.9 Å². The summed E-state index contributed by atoms with van der Waals surface area (Å²) in [5.41, 5.74) is 6.42. The Bertz CT molecular complexity index is 1820. The first-order valence-corrected chi connectivity index (χ1v) is 14.5. The van der Waals surface area contributed by atoms with Gasteiger partial charge in [0.25, 0.3) is 21.6 Å². The number of hydrazone groups is 1. The molecular formula is C30H31N5O7S. The van der Waals surface area contributed by atoms with Gasteiger partial charge in [-0.2, -0.15) is 5.10 Å². The molecule has 0 aliphatic carbocycles. The zero-order valence-corrected chi connectivity index (χ0v) is 25.1. The van der Waals surface area contributed by atoms with Crippen LogP contribution >= 0.6 is 0 Å². The third-order valence-corrected chi connectivity index (χ3v) is 8.50. The number of nitro benzene ring substituents is 1. The molecule has 43 heavy (non-hydrogen) atoms. The van der Waals surface area contributed by atoms with E-state index >= 15 is 0 Å². The number of methoxy groups -OCH3 is 2. The molecule has 0 aliphatic heterocycles. The minimum atomic E-state index is -4.64. The van der Waals surface area contributed by atoms with Gasteiger partial charge < -0.3 is 14.0 Å². The Morgan fingerprint density at radius 1 is 1.02 bits per heavy atom. The number of ether oxygens (including phenoxy) is 2. The van der Waals surface area contributed by atoms with E-state index in [0.29, 0.717) is 5.75 Å². The molecule has 1 N–H and O–H groups in total.